The third kappa shape index (κ3) is 4.12. The van der Waals surface area contributed by atoms with Crippen molar-refractivity contribution in [3.8, 4) is 0 Å². The topological polar surface area (TPSA) is 60.9 Å². The van der Waals surface area contributed by atoms with Gasteiger partial charge in [0.15, 0.2) is 0 Å². The molecule has 2 fully saturated rings. The zero-order valence-electron chi connectivity index (χ0n) is 13.4. The van der Waals surface area contributed by atoms with Gasteiger partial charge in [-0.15, -0.1) is 11.3 Å². The number of rotatable bonds is 5. The van der Waals surface area contributed by atoms with E-state index in [4.69, 9.17) is 0 Å². The van der Waals surface area contributed by atoms with Crippen LogP contribution in [0.15, 0.2) is 11.4 Å². The molecule has 1 aromatic rings. The van der Waals surface area contributed by atoms with E-state index in [1.165, 1.54) is 11.3 Å². The predicted molar refractivity (Wildman–Crippen MR) is 89.7 cm³/mol. The summed E-state index contributed by atoms with van der Waals surface area (Å²) >= 11 is 1.30. The SMILES string of the molecule is O=C(O)c1sccc1CN1CCC(CN2CCCCC2=O)CC1. The van der Waals surface area contributed by atoms with Crippen molar-refractivity contribution < 1.29 is 14.7 Å². The summed E-state index contributed by atoms with van der Waals surface area (Å²) in [4.78, 5) is 27.9. The molecule has 3 rings (SSSR count). The van der Waals surface area contributed by atoms with Crippen molar-refractivity contribution >= 4 is 23.2 Å². The van der Waals surface area contributed by atoms with Crippen LogP contribution in [0.25, 0.3) is 0 Å². The van der Waals surface area contributed by atoms with Crippen molar-refractivity contribution in [2.45, 2.75) is 38.6 Å². The molecular weight excluding hydrogens is 312 g/mol. The normalized spacial score (nSPS) is 20.9. The number of nitrogens with zero attached hydrogens (tertiary/aromatic N) is 2. The van der Waals surface area contributed by atoms with Crippen LogP contribution in [-0.4, -0.2) is 53.0 Å². The molecule has 1 aromatic heterocycles. The van der Waals surface area contributed by atoms with Crippen LogP contribution in [0.1, 0.15) is 47.3 Å². The van der Waals surface area contributed by atoms with Gasteiger partial charge in [0.05, 0.1) is 0 Å². The first-order valence-corrected chi connectivity index (χ1v) is 9.31. The third-order valence-corrected chi connectivity index (χ3v) is 5.89. The highest BCUT2D eigenvalue weighted by Gasteiger charge is 2.25. The fraction of sp³-hybridized carbons (Fsp3) is 0.647. The number of piperidine rings is 2. The number of hydrogen-bond donors (Lipinski definition) is 1. The first-order valence-electron chi connectivity index (χ1n) is 8.43. The largest absolute Gasteiger partial charge is 0.477 e. The smallest absolute Gasteiger partial charge is 0.346 e. The Balaban J connectivity index is 1.47. The van der Waals surface area contributed by atoms with Crippen LogP contribution in [-0.2, 0) is 11.3 Å². The molecule has 6 heteroatoms. The molecule has 0 bridgehead atoms. The quantitative estimate of drug-likeness (QED) is 0.898. The predicted octanol–water partition coefficient (Wildman–Crippen LogP) is 2.67. The number of amides is 1. The second-order valence-corrected chi connectivity index (χ2v) is 7.51. The van der Waals surface area contributed by atoms with Crippen LogP contribution >= 0.6 is 11.3 Å². The van der Waals surface area contributed by atoms with E-state index in [2.05, 4.69) is 4.90 Å². The fourth-order valence-electron chi connectivity index (χ4n) is 3.58. The summed E-state index contributed by atoms with van der Waals surface area (Å²) in [6.45, 7) is 4.53. The first kappa shape index (κ1) is 16.5. The van der Waals surface area contributed by atoms with E-state index in [9.17, 15) is 14.7 Å². The highest BCUT2D eigenvalue weighted by atomic mass is 32.1. The lowest BCUT2D eigenvalue weighted by atomic mass is 9.95. The molecule has 2 aliphatic rings. The molecule has 2 saturated heterocycles. The Morgan fingerprint density at radius 1 is 1.26 bits per heavy atom. The Labute approximate surface area is 140 Å². The second kappa shape index (κ2) is 7.45. The van der Waals surface area contributed by atoms with Gasteiger partial charge in [-0.25, -0.2) is 4.79 Å². The molecule has 0 aliphatic carbocycles. The van der Waals surface area contributed by atoms with E-state index in [0.29, 0.717) is 16.7 Å². The van der Waals surface area contributed by atoms with E-state index < -0.39 is 5.97 Å². The average molecular weight is 336 g/mol. The minimum absolute atomic E-state index is 0.322. The fourth-order valence-corrected chi connectivity index (χ4v) is 4.34. The molecule has 0 atom stereocenters. The highest BCUT2D eigenvalue weighted by molar-refractivity contribution is 7.12. The van der Waals surface area contributed by atoms with E-state index in [0.717, 1.165) is 70.4 Å². The number of aromatic carboxylic acids is 1. The first-order chi connectivity index (χ1) is 11.1. The Bertz CT molecular complexity index is 564. The lowest BCUT2D eigenvalue weighted by Gasteiger charge is -2.36. The van der Waals surface area contributed by atoms with Crippen LogP contribution in [0, 0.1) is 5.92 Å². The van der Waals surface area contributed by atoms with Crippen molar-refractivity contribution in [2.75, 3.05) is 26.2 Å². The molecule has 126 valence electrons. The molecule has 0 saturated carbocycles. The number of carbonyl (C=O) groups excluding carboxylic acids is 1. The number of thiophene rings is 1. The van der Waals surface area contributed by atoms with Gasteiger partial charge in [0.2, 0.25) is 5.91 Å². The van der Waals surface area contributed by atoms with Crippen LogP contribution in [0.3, 0.4) is 0 Å². The third-order valence-electron chi connectivity index (χ3n) is 4.94. The monoisotopic (exact) mass is 336 g/mol. The van der Waals surface area contributed by atoms with E-state index in [1.807, 2.05) is 16.3 Å². The van der Waals surface area contributed by atoms with Gasteiger partial charge >= 0.3 is 5.97 Å². The maximum atomic E-state index is 11.9. The molecule has 3 heterocycles. The van der Waals surface area contributed by atoms with Crippen molar-refractivity contribution in [3.63, 3.8) is 0 Å². The van der Waals surface area contributed by atoms with Crippen molar-refractivity contribution in [1.82, 2.24) is 9.80 Å². The van der Waals surface area contributed by atoms with Gasteiger partial charge in [0.25, 0.3) is 0 Å². The summed E-state index contributed by atoms with van der Waals surface area (Å²) in [7, 11) is 0. The average Bonchev–Trinajstić information content (AvgIpc) is 3.00. The summed E-state index contributed by atoms with van der Waals surface area (Å²) in [5.74, 6) is 0.0891. The molecule has 0 aromatic carbocycles. The lowest BCUT2D eigenvalue weighted by Crippen LogP contribution is -2.42. The standard InChI is InChI=1S/C17H24N2O3S/c20-15-3-1-2-7-19(15)11-13-4-8-18(9-5-13)12-14-6-10-23-16(14)17(21)22/h6,10,13H,1-5,7-9,11-12H2,(H,21,22). The Kier molecular flexibility index (Phi) is 5.33. The molecular formula is C17H24N2O3S. The molecule has 0 spiro atoms. The molecule has 1 N–H and O–H groups in total. The van der Waals surface area contributed by atoms with Gasteiger partial charge in [-0.2, -0.15) is 0 Å². The minimum atomic E-state index is -0.825. The lowest BCUT2D eigenvalue weighted by molar-refractivity contribution is -0.134. The number of likely N-dealkylation sites (tertiary alicyclic amines) is 2. The summed E-state index contributed by atoms with van der Waals surface area (Å²) in [6.07, 6.45) is 5.09. The number of hydrogen-bond acceptors (Lipinski definition) is 4. The molecule has 1 amide bonds. The maximum absolute atomic E-state index is 11.9. The van der Waals surface area contributed by atoms with Gasteiger partial charge < -0.3 is 10.0 Å². The molecule has 0 radical (unpaired) electrons. The summed E-state index contributed by atoms with van der Waals surface area (Å²) < 4.78 is 0. The molecule has 0 unspecified atom stereocenters. The number of carbonyl (C=O) groups is 2. The van der Waals surface area contributed by atoms with Crippen LogP contribution in [0.4, 0.5) is 0 Å². The molecule has 23 heavy (non-hydrogen) atoms. The summed E-state index contributed by atoms with van der Waals surface area (Å²) in [5.41, 5.74) is 0.923. The van der Waals surface area contributed by atoms with Crippen molar-refractivity contribution in [2.24, 2.45) is 5.92 Å². The van der Waals surface area contributed by atoms with Gasteiger partial charge in [-0.3, -0.25) is 9.69 Å². The molecule has 2 aliphatic heterocycles. The second-order valence-electron chi connectivity index (χ2n) is 6.60. The number of carboxylic acids is 1. The van der Waals surface area contributed by atoms with Crippen LogP contribution in [0.5, 0.6) is 0 Å². The van der Waals surface area contributed by atoms with Crippen LogP contribution in [0.2, 0.25) is 0 Å². The van der Waals surface area contributed by atoms with Crippen molar-refractivity contribution in [3.05, 3.63) is 21.9 Å². The summed E-state index contributed by atoms with van der Waals surface area (Å²) in [5, 5.41) is 11.0. The van der Waals surface area contributed by atoms with Gasteiger partial charge in [0.1, 0.15) is 4.88 Å². The van der Waals surface area contributed by atoms with Gasteiger partial charge in [-0.05, 0) is 61.7 Å². The zero-order valence-corrected chi connectivity index (χ0v) is 14.2. The minimum Gasteiger partial charge on any atom is -0.477 e. The van der Waals surface area contributed by atoms with Crippen LogP contribution < -0.4 is 0 Å². The Morgan fingerprint density at radius 3 is 2.74 bits per heavy atom. The zero-order chi connectivity index (χ0) is 16.2. The van der Waals surface area contributed by atoms with Gasteiger partial charge in [0, 0.05) is 26.1 Å². The maximum Gasteiger partial charge on any atom is 0.346 e. The Morgan fingerprint density at radius 2 is 2.04 bits per heavy atom. The van der Waals surface area contributed by atoms with E-state index in [1.54, 1.807) is 0 Å². The Hall–Kier alpha value is -1.40. The van der Waals surface area contributed by atoms with E-state index in [-0.39, 0.29) is 0 Å². The van der Waals surface area contributed by atoms with E-state index >= 15 is 0 Å². The highest BCUT2D eigenvalue weighted by Crippen LogP contribution is 2.24. The number of carboxylic acid groups (broad SMARTS) is 1. The summed E-state index contributed by atoms with van der Waals surface area (Å²) in [6, 6.07) is 1.92. The van der Waals surface area contributed by atoms with Gasteiger partial charge in [-0.1, -0.05) is 0 Å². The van der Waals surface area contributed by atoms with Crippen molar-refractivity contribution in [1.29, 1.82) is 0 Å². The molecule has 5 nitrogen and oxygen atoms in total.